The number of nitrogens with zero attached hydrogens (tertiary/aromatic N) is 3. The second-order valence-electron chi connectivity index (χ2n) is 7.51. The Morgan fingerprint density at radius 3 is 2.72 bits per heavy atom. The van der Waals surface area contributed by atoms with Crippen molar-refractivity contribution in [2.75, 3.05) is 19.5 Å². The molecular formula is C24H20N4O3S. The standard InChI is InChI=1S/C24H20N4O3S/c1-29-17-10-9-14(12-18(17)30-2)22-20-21(27-24-25-13-26-28(22)24)15-6-3-4-7-16(15)31-23(20)19-8-5-11-32-19/h3-13,22-23H,1-2H3,(H,25,26,27). The highest BCUT2D eigenvalue weighted by Gasteiger charge is 2.41. The van der Waals surface area contributed by atoms with Gasteiger partial charge in [-0.3, -0.25) is 0 Å². The van der Waals surface area contributed by atoms with Gasteiger partial charge in [-0.25, -0.2) is 4.68 Å². The van der Waals surface area contributed by atoms with Crippen molar-refractivity contribution in [2.24, 2.45) is 0 Å². The van der Waals surface area contributed by atoms with Gasteiger partial charge in [0.25, 0.3) is 0 Å². The largest absolute Gasteiger partial charge is 0.493 e. The molecule has 6 rings (SSSR count). The number of fused-ring (bicyclic) bond motifs is 3. The van der Waals surface area contributed by atoms with Crippen LogP contribution in [0.15, 0.2) is 71.9 Å². The molecule has 0 saturated heterocycles. The van der Waals surface area contributed by atoms with E-state index in [0.29, 0.717) is 17.4 Å². The highest BCUT2D eigenvalue weighted by molar-refractivity contribution is 7.10. The summed E-state index contributed by atoms with van der Waals surface area (Å²) in [5, 5.41) is 10.1. The Balaban J connectivity index is 1.62. The summed E-state index contributed by atoms with van der Waals surface area (Å²) in [6, 6.07) is 18.0. The molecular weight excluding hydrogens is 424 g/mol. The average molecular weight is 445 g/mol. The van der Waals surface area contributed by atoms with Crippen LogP contribution in [0.5, 0.6) is 17.2 Å². The first-order valence-corrected chi connectivity index (χ1v) is 11.1. The number of methoxy groups -OCH3 is 2. The van der Waals surface area contributed by atoms with E-state index in [9.17, 15) is 0 Å². The van der Waals surface area contributed by atoms with Gasteiger partial charge in [-0.1, -0.05) is 24.3 Å². The fourth-order valence-corrected chi connectivity index (χ4v) is 5.21. The number of hydrogen-bond acceptors (Lipinski definition) is 7. The zero-order valence-corrected chi connectivity index (χ0v) is 18.3. The van der Waals surface area contributed by atoms with Gasteiger partial charge in [0.1, 0.15) is 18.1 Å². The number of aromatic nitrogens is 3. The molecule has 1 N–H and O–H groups in total. The second kappa shape index (κ2) is 7.42. The predicted molar refractivity (Wildman–Crippen MR) is 122 cm³/mol. The van der Waals surface area contributed by atoms with E-state index in [4.69, 9.17) is 14.2 Å². The molecule has 0 spiro atoms. The topological polar surface area (TPSA) is 70.4 Å². The molecule has 8 heteroatoms. The molecule has 0 bridgehead atoms. The first kappa shape index (κ1) is 18.9. The van der Waals surface area contributed by atoms with Crippen LogP contribution >= 0.6 is 11.3 Å². The lowest BCUT2D eigenvalue weighted by Crippen LogP contribution is -2.32. The number of thiophene rings is 1. The number of benzene rings is 2. The van der Waals surface area contributed by atoms with Crippen LogP contribution in [0.3, 0.4) is 0 Å². The van der Waals surface area contributed by atoms with Crippen molar-refractivity contribution < 1.29 is 14.2 Å². The van der Waals surface area contributed by atoms with Crippen molar-refractivity contribution in [3.63, 3.8) is 0 Å². The van der Waals surface area contributed by atoms with Gasteiger partial charge in [0.15, 0.2) is 17.6 Å². The third-order valence-corrected chi connectivity index (χ3v) is 6.76. The molecule has 2 aliphatic heterocycles. The molecule has 0 amide bonds. The maximum absolute atomic E-state index is 6.59. The molecule has 2 atom stereocenters. The van der Waals surface area contributed by atoms with Gasteiger partial charge in [-0.2, -0.15) is 10.1 Å². The molecule has 2 aromatic carbocycles. The third-order valence-electron chi connectivity index (χ3n) is 5.85. The van der Waals surface area contributed by atoms with Gasteiger partial charge in [-0.05, 0) is 41.3 Å². The number of ether oxygens (including phenoxy) is 3. The molecule has 4 aromatic rings. The maximum atomic E-state index is 6.59. The zero-order chi connectivity index (χ0) is 21.7. The minimum absolute atomic E-state index is 0.232. The van der Waals surface area contributed by atoms with Crippen molar-refractivity contribution in [2.45, 2.75) is 12.1 Å². The number of hydrogen-bond donors (Lipinski definition) is 1. The highest BCUT2D eigenvalue weighted by atomic mass is 32.1. The zero-order valence-electron chi connectivity index (χ0n) is 17.5. The Morgan fingerprint density at radius 1 is 1.03 bits per heavy atom. The Bertz CT molecular complexity index is 1330. The molecule has 2 aromatic heterocycles. The van der Waals surface area contributed by atoms with E-state index in [1.807, 2.05) is 47.1 Å². The fraction of sp³-hybridized carbons (Fsp3) is 0.167. The maximum Gasteiger partial charge on any atom is 0.226 e. The molecule has 4 heterocycles. The van der Waals surface area contributed by atoms with Crippen molar-refractivity contribution in [1.29, 1.82) is 0 Å². The molecule has 2 aliphatic rings. The Kier molecular flexibility index (Phi) is 4.39. The number of rotatable bonds is 4. The van der Waals surface area contributed by atoms with E-state index in [-0.39, 0.29) is 12.1 Å². The van der Waals surface area contributed by atoms with Crippen LogP contribution in [0.25, 0.3) is 5.70 Å². The van der Waals surface area contributed by atoms with E-state index in [2.05, 4.69) is 32.9 Å². The summed E-state index contributed by atoms with van der Waals surface area (Å²) in [6.07, 6.45) is 1.31. The summed E-state index contributed by atoms with van der Waals surface area (Å²) in [5.74, 6) is 2.87. The van der Waals surface area contributed by atoms with Crippen LogP contribution in [0.2, 0.25) is 0 Å². The molecule has 160 valence electrons. The lowest BCUT2D eigenvalue weighted by molar-refractivity contribution is 0.226. The van der Waals surface area contributed by atoms with Crippen LogP contribution in [-0.2, 0) is 0 Å². The van der Waals surface area contributed by atoms with Crippen LogP contribution in [0, 0.1) is 0 Å². The highest BCUT2D eigenvalue weighted by Crippen LogP contribution is 2.51. The monoisotopic (exact) mass is 444 g/mol. The van der Waals surface area contributed by atoms with Gasteiger partial charge in [0.05, 0.1) is 19.9 Å². The normalized spacial score (nSPS) is 18.7. The Morgan fingerprint density at radius 2 is 1.91 bits per heavy atom. The van der Waals surface area contributed by atoms with E-state index in [1.165, 1.54) is 0 Å². The molecule has 32 heavy (non-hydrogen) atoms. The summed E-state index contributed by atoms with van der Waals surface area (Å²) >= 11 is 1.68. The van der Waals surface area contributed by atoms with Gasteiger partial charge >= 0.3 is 0 Å². The minimum Gasteiger partial charge on any atom is -0.493 e. The van der Waals surface area contributed by atoms with E-state index >= 15 is 0 Å². The number of para-hydroxylation sites is 1. The van der Waals surface area contributed by atoms with Gasteiger partial charge in [0.2, 0.25) is 5.95 Å². The fourth-order valence-electron chi connectivity index (χ4n) is 4.44. The lowest BCUT2D eigenvalue weighted by atomic mass is 9.86. The third kappa shape index (κ3) is 2.80. The van der Waals surface area contributed by atoms with Crippen molar-refractivity contribution in [3.05, 3.63) is 87.9 Å². The summed E-state index contributed by atoms with van der Waals surface area (Å²) in [6.45, 7) is 0. The van der Waals surface area contributed by atoms with Gasteiger partial charge in [0, 0.05) is 16.0 Å². The summed E-state index contributed by atoms with van der Waals surface area (Å²) in [4.78, 5) is 5.60. The van der Waals surface area contributed by atoms with E-state index in [0.717, 1.165) is 33.0 Å². The molecule has 7 nitrogen and oxygen atoms in total. The Labute approximate surface area is 188 Å². The van der Waals surface area contributed by atoms with Crippen molar-refractivity contribution >= 4 is 23.0 Å². The Hall–Kier alpha value is -3.78. The molecule has 0 radical (unpaired) electrons. The SMILES string of the molecule is COc1ccc(C2C3=C(Nc4ncnn42)c2ccccc2OC3c2cccs2)cc1OC. The van der Waals surface area contributed by atoms with E-state index in [1.54, 1.807) is 31.9 Å². The lowest BCUT2D eigenvalue weighted by Gasteiger charge is -2.38. The first-order valence-electron chi connectivity index (χ1n) is 10.2. The van der Waals surface area contributed by atoms with Crippen LogP contribution in [0.1, 0.15) is 28.1 Å². The van der Waals surface area contributed by atoms with Crippen LogP contribution < -0.4 is 19.5 Å². The number of anilines is 1. The van der Waals surface area contributed by atoms with E-state index < -0.39 is 0 Å². The first-order chi connectivity index (χ1) is 15.8. The summed E-state index contributed by atoms with van der Waals surface area (Å²) < 4.78 is 19.5. The van der Waals surface area contributed by atoms with Crippen LogP contribution in [-0.4, -0.2) is 29.0 Å². The smallest absolute Gasteiger partial charge is 0.226 e. The quantitative estimate of drug-likeness (QED) is 0.482. The second-order valence-corrected chi connectivity index (χ2v) is 8.49. The molecule has 0 fully saturated rings. The average Bonchev–Trinajstić information content (AvgIpc) is 3.54. The molecule has 2 unspecified atom stereocenters. The summed E-state index contributed by atoms with van der Waals surface area (Å²) in [7, 11) is 3.28. The molecule has 0 aliphatic carbocycles. The molecule has 0 saturated carbocycles. The van der Waals surface area contributed by atoms with Crippen LogP contribution in [0.4, 0.5) is 5.95 Å². The van der Waals surface area contributed by atoms with Gasteiger partial charge in [-0.15, -0.1) is 11.3 Å². The predicted octanol–water partition coefficient (Wildman–Crippen LogP) is 4.92. The van der Waals surface area contributed by atoms with Crippen molar-refractivity contribution in [1.82, 2.24) is 14.8 Å². The van der Waals surface area contributed by atoms with Crippen molar-refractivity contribution in [3.8, 4) is 17.2 Å². The number of nitrogens with one attached hydrogen (secondary N) is 1. The summed E-state index contributed by atoms with van der Waals surface area (Å²) in [5.41, 5.74) is 4.10. The minimum atomic E-state index is -0.261. The van der Waals surface area contributed by atoms with Gasteiger partial charge < -0.3 is 19.5 Å².